The largest absolute Gasteiger partial charge is 0.490 e. The lowest BCUT2D eigenvalue weighted by atomic mass is 9.92. The van der Waals surface area contributed by atoms with Crippen molar-refractivity contribution in [3.8, 4) is 5.75 Å². The lowest BCUT2D eigenvalue weighted by molar-refractivity contribution is 0.0403. The molecule has 2 aliphatic rings. The molecule has 3 aromatic carbocycles. The molecule has 2 heterocycles. The Morgan fingerprint density at radius 1 is 0.892 bits per heavy atom. The van der Waals surface area contributed by atoms with Crippen LogP contribution in [0.1, 0.15) is 28.3 Å². The molecule has 1 saturated heterocycles. The number of piperazine rings is 1. The average molecular weight is 514 g/mol. The quantitative estimate of drug-likeness (QED) is 0.387. The molecule has 0 spiro atoms. The number of aromatic nitrogens is 1. The summed E-state index contributed by atoms with van der Waals surface area (Å²) in [7, 11) is 0. The van der Waals surface area contributed by atoms with Gasteiger partial charge in [-0.05, 0) is 59.4 Å². The van der Waals surface area contributed by atoms with Crippen molar-refractivity contribution in [2.45, 2.75) is 25.0 Å². The van der Waals surface area contributed by atoms with Gasteiger partial charge in [-0.1, -0.05) is 60.1 Å². The SMILES string of the molecule is OC(COc1ccnc2cc(Cl)ccc12)CN1CCN(C2c3ccccc3CCc3ccccc32)CC1. The number of hydrogen-bond acceptors (Lipinski definition) is 5. The van der Waals surface area contributed by atoms with E-state index >= 15 is 0 Å². The van der Waals surface area contributed by atoms with Crippen LogP contribution >= 0.6 is 11.6 Å². The minimum absolute atomic E-state index is 0.241. The number of aliphatic hydroxyl groups is 1. The van der Waals surface area contributed by atoms with Gasteiger partial charge in [-0.2, -0.15) is 0 Å². The Bertz CT molecular complexity index is 1340. The van der Waals surface area contributed by atoms with Crippen molar-refractivity contribution in [1.29, 1.82) is 0 Å². The number of ether oxygens (including phenoxy) is 1. The molecule has 6 heteroatoms. The summed E-state index contributed by atoms with van der Waals surface area (Å²) >= 11 is 6.09. The van der Waals surface area contributed by atoms with E-state index in [9.17, 15) is 5.11 Å². The van der Waals surface area contributed by atoms with E-state index in [1.54, 1.807) is 6.20 Å². The summed E-state index contributed by atoms with van der Waals surface area (Å²) < 4.78 is 6.00. The third-order valence-corrected chi connectivity index (χ3v) is 7.94. The summed E-state index contributed by atoms with van der Waals surface area (Å²) in [6, 6.07) is 25.6. The van der Waals surface area contributed by atoms with Crippen molar-refractivity contribution in [1.82, 2.24) is 14.8 Å². The van der Waals surface area contributed by atoms with E-state index in [4.69, 9.17) is 16.3 Å². The van der Waals surface area contributed by atoms with Gasteiger partial charge in [0.2, 0.25) is 0 Å². The van der Waals surface area contributed by atoms with Gasteiger partial charge in [0.25, 0.3) is 0 Å². The molecular weight excluding hydrogens is 482 g/mol. The molecule has 1 aliphatic carbocycles. The molecule has 37 heavy (non-hydrogen) atoms. The third kappa shape index (κ3) is 5.23. The molecule has 4 aromatic rings. The van der Waals surface area contributed by atoms with Crippen molar-refractivity contribution in [2.24, 2.45) is 0 Å². The predicted molar refractivity (Wildman–Crippen MR) is 148 cm³/mol. The lowest BCUT2D eigenvalue weighted by Crippen LogP contribution is -2.50. The minimum atomic E-state index is -0.568. The highest BCUT2D eigenvalue weighted by atomic mass is 35.5. The number of aryl methyl sites for hydroxylation is 2. The molecule has 0 bridgehead atoms. The highest BCUT2D eigenvalue weighted by Crippen LogP contribution is 2.37. The first kappa shape index (κ1) is 24.4. The summed E-state index contributed by atoms with van der Waals surface area (Å²) in [6.07, 6.45) is 3.33. The molecule has 0 radical (unpaired) electrons. The van der Waals surface area contributed by atoms with Crippen molar-refractivity contribution < 1.29 is 9.84 Å². The van der Waals surface area contributed by atoms with E-state index < -0.39 is 6.10 Å². The number of fused-ring (bicyclic) bond motifs is 3. The maximum absolute atomic E-state index is 10.8. The summed E-state index contributed by atoms with van der Waals surface area (Å²) in [5, 5.41) is 12.3. The maximum atomic E-state index is 10.8. The Morgan fingerprint density at radius 2 is 1.57 bits per heavy atom. The first-order chi connectivity index (χ1) is 18.2. The Morgan fingerprint density at radius 3 is 2.27 bits per heavy atom. The second kappa shape index (κ2) is 10.8. The van der Waals surface area contributed by atoms with Gasteiger partial charge < -0.3 is 9.84 Å². The highest BCUT2D eigenvalue weighted by molar-refractivity contribution is 6.31. The zero-order valence-electron chi connectivity index (χ0n) is 20.9. The number of β-amino-alcohol motifs (C(OH)–C–C–N with tert-alkyl or cyclic N) is 1. The zero-order valence-corrected chi connectivity index (χ0v) is 21.6. The average Bonchev–Trinajstić information content (AvgIpc) is 3.09. The van der Waals surface area contributed by atoms with Crippen LogP contribution in [-0.4, -0.2) is 65.3 Å². The topological polar surface area (TPSA) is 48.8 Å². The normalized spacial score (nSPS) is 17.7. The molecule has 1 aromatic heterocycles. The summed E-state index contributed by atoms with van der Waals surface area (Å²) in [5.74, 6) is 0.719. The summed E-state index contributed by atoms with van der Waals surface area (Å²) in [4.78, 5) is 9.34. The third-order valence-electron chi connectivity index (χ3n) is 7.70. The van der Waals surface area contributed by atoms with Crippen LogP contribution in [0.2, 0.25) is 5.02 Å². The van der Waals surface area contributed by atoms with Gasteiger partial charge in [0.05, 0.1) is 11.6 Å². The smallest absolute Gasteiger partial charge is 0.130 e. The Balaban J connectivity index is 1.09. The Hall–Kier alpha value is -2.96. The fourth-order valence-electron chi connectivity index (χ4n) is 5.85. The number of aliphatic hydroxyl groups excluding tert-OH is 1. The van der Waals surface area contributed by atoms with Crippen LogP contribution in [0.5, 0.6) is 5.75 Å². The Labute approximate surface area is 223 Å². The Kier molecular flexibility index (Phi) is 7.12. The van der Waals surface area contributed by atoms with Crippen LogP contribution in [0.15, 0.2) is 79.0 Å². The molecule has 6 rings (SSSR count). The van der Waals surface area contributed by atoms with E-state index in [-0.39, 0.29) is 6.61 Å². The first-order valence-electron chi connectivity index (χ1n) is 13.1. The van der Waals surface area contributed by atoms with Crippen molar-refractivity contribution in [2.75, 3.05) is 39.3 Å². The number of halogens is 1. The van der Waals surface area contributed by atoms with Gasteiger partial charge in [-0.15, -0.1) is 0 Å². The van der Waals surface area contributed by atoms with Gasteiger partial charge in [0, 0.05) is 49.3 Å². The van der Waals surface area contributed by atoms with E-state index in [0.29, 0.717) is 17.6 Å². The zero-order chi connectivity index (χ0) is 25.2. The molecule has 1 N–H and O–H groups in total. The van der Waals surface area contributed by atoms with Crippen LogP contribution in [0, 0.1) is 0 Å². The molecule has 1 unspecified atom stereocenters. The van der Waals surface area contributed by atoms with Gasteiger partial charge in [-0.3, -0.25) is 14.8 Å². The second-order valence-corrected chi connectivity index (χ2v) is 10.5. The van der Waals surface area contributed by atoms with E-state index in [0.717, 1.165) is 55.7 Å². The van der Waals surface area contributed by atoms with Crippen molar-refractivity contribution >= 4 is 22.5 Å². The molecule has 1 aliphatic heterocycles. The molecule has 1 atom stereocenters. The van der Waals surface area contributed by atoms with Crippen molar-refractivity contribution in [3.63, 3.8) is 0 Å². The van der Waals surface area contributed by atoms with Crippen LogP contribution in [-0.2, 0) is 12.8 Å². The van der Waals surface area contributed by atoms with E-state index in [1.807, 2.05) is 24.3 Å². The summed E-state index contributed by atoms with van der Waals surface area (Å²) in [5.41, 5.74) is 6.60. The van der Waals surface area contributed by atoms with Crippen LogP contribution in [0.25, 0.3) is 10.9 Å². The second-order valence-electron chi connectivity index (χ2n) is 10.1. The highest BCUT2D eigenvalue weighted by Gasteiger charge is 2.31. The molecule has 190 valence electrons. The van der Waals surface area contributed by atoms with Gasteiger partial charge in [-0.25, -0.2) is 0 Å². The lowest BCUT2D eigenvalue weighted by Gasteiger charge is -2.40. The fraction of sp³-hybridized carbons (Fsp3) is 0.323. The van der Waals surface area contributed by atoms with Gasteiger partial charge in [0.15, 0.2) is 0 Å². The molecule has 1 fully saturated rings. The minimum Gasteiger partial charge on any atom is -0.490 e. The molecule has 5 nitrogen and oxygen atoms in total. The van der Waals surface area contributed by atoms with Crippen LogP contribution < -0.4 is 4.74 Å². The molecule has 0 saturated carbocycles. The fourth-order valence-corrected chi connectivity index (χ4v) is 6.02. The number of nitrogens with zero attached hydrogens (tertiary/aromatic N) is 3. The van der Waals surface area contributed by atoms with Crippen molar-refractivity contribution in [3.05, 3.63) is 106 Å². The van der Waals surface area contributed by atoms with Crippen LogP contribution in [0.4, 0.5) is 0 Å². The van der Waals surface area contributed by atoms with Gasteiger partial charge >= 0.3 is 0 Å². The molecule has 0 amide bonds. The van der Waals surface area contributed by atoms with Gasteiger partial charge in [0.1, 0.15) is 18.5 Å². The predicted octanol–water partition coefficient (Wildman–Crippen LogP) is 5.13. The summed E-state index contributed by atoms with van der Waals surface area (Å²) in [6.45, 7) is 4.63. The standard InChI is InChI=1S/C31H32ClN3O2/c32-24-11-12-28-29(19-24)33-14-13-30(28)37-21-25(36)20-34-15-17-35(18-16-34)31-26-7-3-1-5-22(26)9-10-23-6-2-4-8-27(23)31/h1-8,11-14,19,25,31,36H,9-10,15-18,20-21H2. The maximum Gasteiger partial charge on any atom is 0.130 e. The van der Waals surface area contributed by atoms with E-state index in [1.165, 1.54) is 22.3 Å². The van der Waals surface area contributed by atoms with E-state index in [2.05, 4.69) is 63.3 Å². The van der Waals surface area contributed by atoms with Crippen LogP contribution in [0.3, 0.4) is 0 Å². The first-order valence-corrected chi connectivity index (χ1v) is 13.5. The number of hydrogen-bond donors (Lipinski definition) is 1. The number of pyridine rings is 1. The molecular formula is C31H32ClN3O2. The number of rotatable bonds is 6. The monoisotopic (exact) mass is 513 g/mol. The number of benzene rings is 3.